The number of hydrogen-bond acceptors (Lipinski definition) is 6. The number of fused-ring (bicyclic) bond motifs is 1. The third-order valence-electron chi connectivity index (χ3n) is 5.52. The minimum absolute atomic E-state index is 0.346. The van der Waals surface area contributed by atoms with Crippen molar-refractivity contribution >= 4 is 22.8 Å². The molecule has 1 aliphatic heterocycles. The predicted octanol–water partition coefficient (Wildman–Crippen LogP) is 3.20. The highest BCUT2D eigenvalue weighted by Gasteiger charge is 2.29. The molecule has 3 aromatic rings. The Morgan fingerprint density at radius 2 is 1.81 bits per heavy atom. The zero-order valence-corrected chi connectivity index (χ0v) is 17.5. The SMILES string of the molecule is COc1ccc(CCNC(=O)C(C#N)c2nc3ccccc3nc2N2CCCC2)cc1. The van der Waals surface area contributed by atoms with Crippen LogP contribution in [0.2, 0.25) is 0 Å². The molecule has 0 aliphatic carbocycles. The lowest BCUT2D eigenvalue weighted by atomic mass is 10.0. The molecule has 1 atom stereocenters. The van der Waals surface area contributed by atoms with Gasteiger partial charge in [0.1, 0.15) is 11.4 Å². The molecule has 1 amide bonds. The molecule has 1 aliphatic rings. The largest absolute Gasteiger partial charge is 0.497 e. The van der Waals surface area contributed by atoms with E-state index in [1.165, 1.54) is 0 Å². The summed E-state index contributed by atoms with van der Waals surface area (Å²) in [6, 6.07) is 17.4. The molecule has 4 rings (SSSR count). The van der Waals surface area contributed by atoms with E-state index in [9.17, 15) is 10.1 Å². The normalized spacial score (nSPS) is 14.3. The number of carbonyl (C=O) groups excluding carboxylic acids is 1. The number of rotatable bonds is 7. The van der Waals surface area contributed by atoms with Gasteiger partial charge >= 0.3 is 0 Å². The molecule has 0 bridgehead atoms. The Kier molecular flexibility index (Phi) is 6.27. The second-order valence-electron chi connectivity index (χ2n) is 7.57. The van der Waals surface area contributed by atoms with E-state index in [1.54, 1.807) is 7.11 Å². The van der Waals surface area contributed by atoms with Crippen molar-refractivity contribution in [2.45, 2.75) is 25.2 Å². The first-order valence-corrected chi connectivity index (χ1v) is 10.5. The Hall–Kier alpha value is -3.66. The number of amides is 1. The maximum Gasteiger partial charge on any atom is 0.243 e. The Balaban J connectivity index is 1.53. The van der Waals surface area contributed by atoms with Gasteiger partial charge < -0.3 is 15.0 Å². The molecular weight excluding hydrogens is 390 g/mol. The molecule has 0 radical (unpaired) electrons. The molecular formula is C24H25N5O2. The van der Waals surface area contributed by atoms with Gasteiger partial charge in [-0.05, 0) is 49.1 Å². The van der Waals surface area contributed by atoms with Crippen molar-refractivity contribution in [2.75, 3.05) is 31.6 Å². The third-order valence-corrected chi connectivity index (χ3v) is 5.52. The molecule has 1 N–H and O–H groups in total. The van der Waals surface area contributed by atoms with Crippen LogP contribution in [0.3, 0.4) is 0 Å². The van der Waals surface area contributed by atoms with E-state index in [-0.39, 0.29) is 5.91 Å². The lowest BCUT2D eigenvalue weighted by molar-refractivity contribution is -0.121. The van der Waals surface area contributed by atoms with E-state index in [2.05, 4.69) is 16.3 Å². The fourth-order valence-corrected chi connectivity index (χ4v) is 3.83. The molecule has 1 aromatic heterocycles. The molecule has 2 aromatic carbocycles. The van der Waals surface area contributed by atoms with Gasteiger partial charge in [0.05, 0.1) is 24.2 Å². The summed E-state index contributed by atoms with van der Waals surface area (Å²) in [7, 11) is 1.63. The Labute approximate surface area is 181 Å². The molecule has 0 saturated carbocycles. The summed E-state index contributed by atoms with van der Waals surface area (Å²) in [6.45, 7) is 2.15. The van der Waals surface area contributed by atoms with Gasteiger partial charge in [-0.1, -0.05) is 24.3 Å². The fraction of sp³-hybridized carbons (Fsp3) is 0.333. The Morgan fingerprint density at radius 1 is 1.13 bits per heavy atom. The molecule has 1 unspecified atom stereocenters. The minimum Gasteiger partial charge on any atom is -0.497 e. The molecule has 7 nitrogen and oxygen atoms in total. The summed E-state index contributed by atoms with van der Waals surface area (Å²) in [5, 5.41) is 12.7. The Bertz CT molecular complexity index is 1100. The number of carbonyl (C=O) groups is 1. The van der Waals surface area contributed by atoms with Gasteiger partial charge in [-0.3, -0.25) is 4.79 Å². The highest BCUT2D eigenvalue weighted by atomic mass is 16.5. The van der Waals surface area contributed by atoms with Crippen LogP contribution in [-0.4, -0.2) is 42.6 Å². The number of nitrogens with one attached hydrogen (secondary N) is 1. The number of nitrogens with zero attached hydrogens (tertiary/aromatic N) is 4. The van der Waals surface area contributed by atoms with Gasteiger partial charge in [0.25, 0.3) is 0 Å². The smallest absolute Gasteiger partial charge is 0.243 e. The standard InChI is InChI=1S/C24H25N5O2/c1-31-18-10-8-17(9-11-18)12-13-26-24(30)19(16-25)22-23(29-14-4-5-15-29)28-21-7-3-2-6-20(21)27-22/h2-3,6-11,19H,4-5,12-15H2,1H3,(H,26,30). The van der Waals surface area contributed by atoms with Crippen molar-refractivity contribution in [2.24, 2.45) is 0 Å². The molecule has 1 saturated heterocycles. The van der Waals surface area contributed by atoms with Crippen LogP contribution in [0.5, 0.6) is 5.75 Å². The van der Waals surface area contributed by atoms with Crippen molar-refractivity contribution in [3.8, 4) is 11.8 Å². The number of hydrogen-bond donors (Lipinski definition) is 1. The molecule has 2 heterocycles. The minimum atomic E-state index is -1.01. The van der Waals surface area contributed by atoms with Gasteiger partial charge in [-0.15, -0.1) is 0 Å². The molecule has 1 fully saturated rings. The number of methoxy groups -OCH3 is 1. The van der Waals surface area contributed by atoms with Gasteiger partial charge in [0.15, 0.2) is 11.7 Å². The van der Waals surface area contributed by atoms with Gasteiger partial charge in [-0.25, -0.2) is 9.97 Å². The van der Waals surface area contributed by atoms with Crippen molar-refractivity contribution in [1.82, 2.24) is 15.3 Å². The maximum absolute atomic E-state index is 12.9. The van der Waals surface area contributed by atoms with E-state index in [1.807, 2.05) is 48.5 Å². The van der Waals surface area contributed by atoms with Crippen molar-refractivity contribution in [3.63, 3.8) is 0 Å². The predicted molar refractivity (Wildman–Crippen MR) is 119 cm³/mol. The van der Waals surface area contributed by atoms with Crippen LogP contribution >= 0.6 is 0 Å². The summed E-state index contributed by atoms with van der Waals surface area (Å²) in [5.41, 5.74) is 2.97. The van der Waals surface area contributed by atoms with Crippen LogP contribution in [0.1, 0.15) is 30.0 Å². The number of benzene rings is 2. The van der Waals surface area contributed by atoms with Crippen LogP contribution in [-0.2, 0) is 11.2 Å². The average Bonchev–Trinajstić information content (AvgIpc) is 3.34. The van der Waals surface area contributed by atoms with E-state index in [0.717, 1.165) is 42.8 Å². The second-order valence-corrected chi connectivity index (χ2v) is 7.57. The topological polar surface area (TPSA) is 91.1 Å². The number of anilines is 1. The summed E-state index contributed by atoms with van der Waals surface area (Å²) in [5.74, 6) is 0.0827. The van der Waals surface area contributed by atoms with Crippen molar-refractivity contribution < 1.29 is 9.53 Å². The van der Waals surface area contributed by atoms with Crippen LogP contribution in [0.4, 0.5) is 5.82 Å². The summed E-state index contributed by atoms with van der Waals surface area (Å²) >= 11 is 0. The van der Waals surface area contributed by atoms with Gasteiger partial charge in [0, 0.05) is 19.6 Å². The highest BCUT2D eigenvalue weighted by molar-refractivity contribution is 5.88. The van der Waals surface area contributed by atoms with E-state index in [4.69, 9.17) is 14.7 Å². The first kappa shape index (κ1) is 20.6. The third kappa shape index (κ3) is 4.58. The summed E-state index contributed by atoms with van der Waals surface area (Å²) in [6.07, 6.45) is 2.80. The van der Waals surface area contributed by atoms with Crippen LogP contribution < -0.4 is 15.0 Å². The summed E-state index contributed by atoms with van der Waals surface area (Å²) in [4.78, 5) is 24.5. The number of nitriles is 1. The first-order chi connectivity index (χ1) is 15.2. The van der Waals surface area contributed by atoms with E-state index >= 15 is 0 Å². The van der Waals surface area contributed by atoms with E-state index in [0.29, 0.717) is 30.0 Å². The van der Waals surface area contributed by atoms with Crippen LogP contribution in [0, 0.1) is 11.3 Å². The fourth-order valence-electron chi connectivity index (χ4n) is 3.83. The number of aromatic nitrogens is 2. The average molecular weight is 415 g/mol. The molecule has 7 heteroatoms. The monoisotopic (exact) mass is 415 g/mol. The van der Waals surface area contributed by atoms with Crippen LogP contribution in [0.15, 0.2) is 48.5 Å². The van der Waals surface area contributed by atoms with Crippen molar-refractivity contribution in [1.29, 1.82) is 5.26 Å². The highest BCUT2D eigenvalue weighted by Crippen LogP contribution is 2.29. The number of ether oxygens (including phenoxy) is 1. The van der Waals surface area contributed by atoms with Crippen LogP contribution in [0.25, 0.3) is 11.0 Å². The number of para-hydroxylation sites is 2. The Morgan fingerprint density at radius 3 is 2.45 bits per heavy atom. The quantitative estimate of drug-likeness (QED) is 0.637. The second kappa shape index (κ2) is 9.43. The molecule has 31 heavy (non-hydrogen) atoms. The lowest BCUT2D eigenvalue weighted by Gasteiger charge is -2.21. The van der Waals surface area contributed by atoms with E-state index < -0.39 is 5.92 Å². The maximum atomic E-state index is 12.9. The van der Waals surface area contributed by atoms with Gasteiger partial charge in [0.2, 0.25) is 5.91 Å². The zero-order valence-electron chi connectivity index (χ0n) is 17.5. The van der Waals surface area contributed by atoms with Gasteiger partial charge in [-0.2, -0.15) is 5.26 Å². The zero-order chi connectivity index (χ0) is 21.6. The molecule has 158 valence electrons. The lowest BCUT2D eigenvalue weighted by Crippen LogP contribution is -2.32. The van der Waals surface area contributed by atoms with Crippen molar-refractivity contribution in [3.05, 3.63) is 59.8 Å². The first-order valence-electron chi connectivity index (χ1n) is 10.5. The molecule has 0 spiro atoms. The summed E-state index contributed by atoms with van der Waals surface area (Å²) < 4.78 is 5.17.